The van der Waals surface area contributed by atoms with Gasteiger partial charge in [-0.1, -0.05) is 12.1 Å². The molecule has 120 valence electrons. The number of para-hydroxylation sites is 1. The van der Waals surface area contributed by atoms with E-state index < -0.39 is 35.4 Å². The zero-order valence-corrected chi connectivity index (χ0v) is 11.3. The van der Waals surface area contributed by atoms with Crippen LogP contribution < -0.4 is 4.74 Å². The Kier molecular flexibility index (Phi) is 4.63. The molecule has 0 bridgehead atoms. The number of hydrogen-bond donors (Lipinski definition) is 0. The van der Waals surface area contributed by atoms with E-state index in [9.17, 15) is 27.2 Å². The van der Waals surface area contributed by atoms with Crippen LogP contribution in [-0.4, -0.2) is 18.3 Å². The summed E-state index contributed by atoms with van der Waals surface area (Å²) in [6.45, 7) is 0. The van der Waals surface area contributed by atoms with Gasteiger partial charge < -0.3 is 9.47 Å². The molecular formula is C15H8F4O4. The Labute approximate surface area is 127 Å². The number of rotatable bonds is 3. The molecule has 2 rings (SSSR count). The van der Waals surface area contributed by atoms with Crippen molar-refractivity contribution in [3.05, 3.63) is 65.5 Å². The van der Waals surface area contributed by atoms with Gasteiger partial charge >= 0.3 is 18.3 Å². The van der Waals surface area contributed by atoms with E-state index in [2.05, 4.69) is 9.47 Å². The van der Waals surface area contributed by atoms with Crippen molar-refractivity contribution in [2.75, 3.05) is 0 Å². The highest BCUT2D eigenvalue weighted by Gasteiger charge is 2.33. The van der Waals surface area contributed by atoms with Crippen LogP contribution in [0.1, 0.15) is 20.7 Å². The van der Waals surface area contributed by atoms with Crippen molar-refractivity contribution in [2.24, 2.45) is 0 Å². The van der Waals surface area contributed by atoms with Crippen molar-refractivity contribution in [1.82, 2.24) is 0 Å². The van der Waals surface area contributed by atoms with Gasteiger partial charge in [0.1, 0.15) is 17.1 Å². The molecule has 0 spiro atoms. The first kappa shape index (κ1) is 16.5. The van der Waals surface area contributed by atoms with Crippen molar-refractivity contribution in [3.8, 4) is 5.75 Å². The highest BCUT2D eigenvalue weighted by molar-refractivity contribution is 6.03. The second-order valence-electron chi connectivity index (χ2n) is 4.23. The summed E-state index contributed by atoms with van der Waals surface area (Å²) in [5, 5.41) is 0. The summed E-state index contributed by atoms with van der Waals surface area (Å²) in [5.41, 5.74) is -0.700. The maximum atomic E-state index is 12.7. The normalized spacial score (nSPS) is 11.0. The molecule has 2 aromatic carbocycles. The Hall–Kier alpha value is -2.90. The molecule has 0 N–H and O–H groups in total. The number of carbonyl (C=O) groups excluding carboxylic acids is 2. The van der Waals surface area contributed by atoms with Crippen molar-refractivity contribution < 1.29 is 36.6 Å². The van der Waals surface area contributed by atoms with Crippen molar-refractivity contribution in [1.29, 1.82) is 0 Å². The lowest BCUT2D eigenvalue weighted by Crippen LogP contribution is -2.20. The number of alkyl halides is 3. The van der Waals surface area contributed by atoms with Gasteiger partial charge in [0.2, 0.25) is 0 Å². The highest BCUT2D eigenvalue weighted by Crippen LogP contribution is 2.26. The van der Waals surface area contributed by atoms with E-state index >= 15 is 0 Å². The van der Waals surface area contributed by atoms with E-state index in [0.717, 1.165) is 36.4 Å². The van der Waals surface area contributed by atoms with Crippen molar-refractivity contribution >= 4 is 11.9 Å². The van der Waals surface area contributed by atoms with Gasteiger partial charge in [-0.3, -0.25) is 0 Å². The number of carbonyl (C=O) groups is 2. The minimum absolute atomic E-state index is 0.131. The summed E-state index contributed by atoms with van der Waals surface area (Å²) >= 11 is 0. The fourth-order valence-electron chi connectivity index (χ4n) is 1.63. The Morgan fingerprint density at radius 2 is 1.48 bits per heavy atom. The molecule has 0 unspecified atom stereocenters. The highest BCUT2D eigenvalue weighted by atomic mass is 19.4. The molecule has 0 aliphatic carbocycles. The van der Waals surface area contributed by atoms with Crippen LogP contribution in [0.4, 0.5) is 17.6 Å². The summed E-state index contributed by atoms with van der Waals surface area (Å²) in [7, 11) is 0. The summed E-state index contributed by atoms with van der Waals surface area (Å²) in [5.74, 6) is -3.84. The molecule has 0 fully saturated rings. The van der Waals surface area contributed by atoms with Crippen molar-refractivity contribution in [2.45, 2.75) is 6.36 Å². The summed E-state index contributed by atoms with van der Waals surface area (Å²) in [6.07, 6.45) is -5.00. The van der Waals surface area contributed by atoms with E-state index in [1.165, 1.54) is 12.1 Å². The molecule has 8 heteroatoms. The number of benzene rings is 2. The van der Waals surface area contributed by atoms with Gasteiger partial charge in [-0.25, -0.2) is 14.0 Å². The number of hydrogen-bond acceptors (Lipinski definition) is 4. The molecule has 0 saturated heterocycles. The van der Waals surface area contributed by atoms with Crippen LogP contribution in [0.2, 0.25) is 0 Å². The van der Waals surface area contributed by atoms with Gasteiger partial charge in [0, 0.05) is 0 Å². The first-order valence-corrected chi connectivity index (χ1v) is 6.13. The standard InChI is InChI=1S/C15H8F4O4/c16-10-7-5-9(6-8-10)13(20)22-14(21)11-3-1-2-4-12(11)23-15(17,18)19/h1-8H. The molecule has 0 aliphatic rings. The van der Waals surface area contributed by atoms with Gasteiger partial charge in [0.25, 0.3) is 0 Å². The molecule has 23 heavy (non-hydrogen) atoms. The predicted octanol–water partition coefficient (Wildman–Crippen LogP) is 3.72. The third kappa shape index (κ3) is 4.53. The first-order valence-electron chi connectivity index (χ1n) is 6.13. The third-order valence-electron chi connectivity index (χ3n) is 2.60. The SMILES string of the molecule is O=C(OC(=O)c1ccccc1OC(F)(F)F)c1ccc(F)cc1. The van der Waals surface area contributed by atoms with E-state index in [1.807, 2.05) is 0 Å². The van der Waals surface area contributed by atoms with Gasteiger partial charge in [0.15, 0.2) is 0 Å². The van der Waals surface area contributed by atoms with E-state index in [1.54, 1.807) is 0 Å². The second kappa shape index (κ2) is 6.47. The number of halogens is 4. The molecular weight excluding hydrogens is 320 g/mol. The van der Waals surface area contributed by atoms with Crippen LogP contribution in [0.25, 0.3) is 0 Å². The van der Waals surface area contributed by atoms with Crippen LogP contribution in [0, 0.1) is 5.82 Å². The largest absolute Gasteiger partial charge is 0.573 e. The predicted molar refractivity (Wildman–Crippen MR) is 69.3 cm³/mol. The fourth-order valence-corrected chi connectivity index (χ4v) is 1.63. The molecule has 4 nitrogen and oxygen atoms in total. The Morgan fingerprint density at radius 1 is 0.870 bits per heavy atom. The zero-order chi connectivity index (χ0) is 17.0. The summed E-state index contributed by atoms with van der Waals surface area (Å²) in [4.78, 5) is 23.5. The topological polar surface area (TPSA) is 52.6 Å². The lowest BCUT2D eigenvalue weighted by Gasteiger charge is -2.12. The summed E-state index contributed by atoms with van der Waals surface area (Å²) in [6, 6.07) is 8.52. The van der Waals surface area contributed by atoms with Crippen LogP contribution in [0.5, 0.6) is 5.75 Å². The van der Waals surface area contributed by atoms with Crippen LogP contribution >= 0.6 is 0 Å². The molecule has 0 atom stereocenters. The van der Waals surface area contributed by atoms with Crippen molar-refractivity contribution in [3.63, 3.8) is 0 Å². The Morgan fingerprint density at radius 3 is 2.09 bits per heavy atom. The van der Waals surface area contributed by atoms with Gasteiger partial charge in [-0.05, 0) is 36.4 Å². The fraction of sp³-hybridized carbons (Fsp3) is 0.0667. The van der Waals surface area contributed by atoms with Gasteiger partial charge in [-0.15, -0.1) is 13.2 Å². The molecule has 0 saturated carbocycles. The average molecular weight is 328 g/mol. The molecule has 0 aliphatic heterocycles. The molecule has 2 aromatic rings. The molecule has 0 radical (unpaired) electrons. The number of ether oxygens (including phenoxy) is 2. The summed E-state index contributed by atoms with van der Waals surface area (Å²) < 4.78 is 57.7. The minimum Gasteiger partial charge on any atom is -0.405 e. The zero-order valence-electron chi connectivity index (χ0n) is 11.3. The van der Waals surface area contributed by atoms with Crippen LogP contribution in [0.3, 0.4) is 0 Å². The van der Waals surface area contributed by atoms with E-state index in [4.69, 9.17) is 0 Å². The second-order valence-corrected chi connectivity index (χ2v) is 4.23. The number of esters is 2. The third-order valence-corrected chi connectivity index (χ3v) is 2.60. The van der Waals surface area contributed by atoms with Gasteiger partial charge in [0.05, 0.1) is 5.56 Å². The Bertz CT molecular complexity index is 723. The molecule has 0 amide bonds. The van der Waals surface area contributed by atoms with Gasteiger partial charge in [-0.2, -0.15) is 0 Å². The van der Waals surface area contributed by atoms with Crippen LogP contribution in [0.15, 0.2) is 48.5 Å². The lowest BCUT2D eigenvalue weighted by atomic mass is 10.2. The lowest BCUT2D eigenvalue weighted by molar-refractivity contribution is -0.274. The van der Waals surface area contributed by atoms with Crippen LogP contribution in [-0.2, 0) is 4.74 Å². The quantitative estimate of drug-likeness (QED) is 0.489. The monoisotopic (exact) mass is 328 g/mol. The van der Waals surface area contributed by atoms with E-state index in [-0.39, 0.29) is 5.56 Å². The Balaban J connectivity index is 2.18. The maximum Gasteiger partial charge on any atom is 0.573 e. The average Bonchev–Trinajstić information content (AvgIpc) is 2.46. The maximum absolute atomic E-state index is 12.7. The molecule has 0 heterocycles. The smallest absolute Gasteiger partial charge is 0.405 e. The minimum atomic E-state index is -5.00. The van der Waals surface area contributed by atoms with E-state index in [0.29, 0.717) is 0 Å². The first-order chi connectivity index (χ1) is 10.8. The molecule has 0 aromatic heterocycles.